The largest absolute Gasteiger partial charge is 0.371 e. The zero-order chi connectivity index (χ0) is 18.0. The highest BCUT2D eigenvalue weighted by Crippen LogP contribution is 2.35. The third-order valence-corrected chi connectivity index (χ3v) is 4.90. The van der Waals surface area contributed by atoms with Crippen molar-refractivity contribution in [1.82, 2.24) is 19.9 Å². The van der Waals surface area contributed by atoms with Gasteiger partial charge in [-0.1, -0.05) is 0 Å². The molecule has 0 aliphatic carbocycles. The van der Waals surface area contributed by atoms with Crippen LogP contribution in [0.1, 0.15) is 29.6 Å². The number of carbonyl (C=O) groups is 1. The standard InChI is InChI=1S/C18H20FN5O2/c19-14-9-21-17(22-10-14)23-15-7-18(26-11-15)4-2-6-24(12-18)16(25)13-3-1-5-20-8-13/h1,3,5,8-10,15H,2,4,6-7,11-12H2,(H,21,22,23). The van der Waals surface area contributed by atoms with E-state index in [-0.39, 0.29) is 17.6 Å². The van der Waals surface area contributed by atoms with Gasteiger partial charge in [0.05, 0.1) is 42.8 Å². The van der Waals surface area contributed by atoms with Gasteiger partial charge in [0.15, 0.2) is 5.82 Å². The van der Waals surface area contributed by atoms with Crippen molar-refractivity contribution in [2.45, 2.75) is 30.9 Å². The first-order chi connectivity index (χ1) is 12.6. The molecule has 2 saturated heterocycles. The van der Waals surface area contributed by atoms with Gasteiger partial charge in [-0.2, -0.15) is 0 Å². The third kappa shape index (κ3) is 3.50. The molecule has 7 nitrogen and oxygen atoms in total. The zero-order valence-electron chi connectivity index (χ0n) is 14.3. The lowest BCUT2D eigenvalue weighted by atomic mass is 9.88. The summed E-state index contributed by atoms with van der Waals surface area (Å²) in [5, 5.41) is 3.19. The molecule has 2 aliphatic heterocycles. The molecule has 0 bridgehead atoms. The number of carbonyl (C=O) groups excluding carboxylic acids is 1. The smallest absolute Gasteiger partial charge is 0.255 e. The minimum atomic E-state index is -0.466. The Morgan fingerprint density at radius 2 is 2.19 bits per heavy atom. The maximum absolute atomic E-state index is 12.9. The van der Waals surface area contributed by atoms with Gasteiger partial charge >= 0.3 is 0 Å². The predicted molar refractivity (Wildman–Crippen MR) is 92.1 cm³/mol. The maximum Gasteiger partial charge on any atom is 0.255 e. The van der Waals surface area contributed by atoms with E-state index in [0.29, 0.717) is 24.7 Å². The van der Waals surface area contributed by atoms with Gasteiger partial charge < -0.3 is 15.0 Å². The summed E-state index contributed by atoms with van der Waals surface area (Å²) in [6, 6.07) is 3.58. The van der Waals surface area contributed by atoms with Crippen molar-refractivity contribution in [2.75, 3.05) is 25.0 Å². The van der Waals surface area contributed by atoms with E-state index in [9.17, 15) is 9.18 Å². The van der Waals surface area contributed by atoms with E-state index >= 15 is 0 Å². The SMILES string of the molecule is O=C(c1cccnc1)N1CCCC2(CC(Nc3ncc(F)cn3)CO2)C1. The summed E-state index contributed by atoms with van der Waals surface area (Å²) in [4.78, 5) is 26.4. The van der Waals surface area contributed by atoms with Crippen LogP contribution in [0.4, 0.5) is 10.3 Å². The van der Waals surface area contributed by atoms with Crippen molar-refractivity contribution in [2.24, 2.45) is 0 Å². The molecule has 8 heteroatoms. The monoisotopic (exact) mass is 357 g/mol. The molecule has 1 amide bonds. The average molecular weight is 357 g/mol. The van der Waals surface area contributed by atoms with E-state index in [0.717, 1.165) is 38.2 Å². The van der Waals surface area contributed by atoms with Gasteiger partial charge in [0.2, 0.25) is 5.95 Å². The van der Waals surface area contributed by atoms with Crippen LogP contribution in [0.15, 0.2) is 36.9 Å². The summed E-state index contributed by atoms with van der Waals surface area (Å²) in [5.41, 5.74) is 0.241. The Bertz CT molecular complexity index is 773. The molecular formula is C18H20FN5O2. The highest BCUT2D eigenvalue weighted by Gasteiger charge is 2.44. The summed E-state index contributed by atoms with van der Waals surface area (Å²) < 4.78 is 19.0. The second-order valence-corrected chi connectivity index (χ2v) is 6.84. The number of hydrogen-bond acceptors (Lipinski definition) is 6. The Morgan fingerprint density at radius 1 is 1.35 bits per heavy atom. The molecule has 2 aromatic rings. The zero-order valence-corrected chi connectivity index (χ0v) is 14.3. The van der Waals surface area contributed by atoms with Crippen LogP contribution in [0.5, 0.6) is 0 Å². The Balaban J connectivity index is 1.41. The number of likely N-dealkylation sites (tertiary alicyclic amines) is 1. The average Bonchev–Trinajstić information content (AvgIpc) is 3.05. The molecule has 26 heavy (non-hydrogen) atoms. The minimum absolute atomic E-state index is 0.0148. The van der Waals surface area contributed by atoms with Gasteiger partial charge in [-0.15, -0.1) is 0 Å². The third-order valence-electron chi connectivity index (χ3n) is 4.90. The van der Waals surface area contributed by atoms with E-state index in [2.05, 4.69) is 20.3 Å². The van der Waals surface area contributed by atoms with E-state index in [1.54, 1.807) is 24.5 Å². The van der Waals surface area contributed by atoms with Gasteiger partial charge in [0.25, 0.3) is 5.91 Å². The van der Waals surface area contributed by atoms with Crippen LogP contribution in [0.25, 0.3) is 0 Å². The van der Waals surface area contributed by atoms with Crippen molar-refractivity contribution in [3.05, 3.63) is 48.3 Å². The van der Waals surface area contributed by atoms with E-state index in [1.165, 1.54) is 0 Å². The first-order valence-electron chi connectivity index (χ1n) is 8.71. The van der Waals surface area contributed by atoms with Crippen LogP contribution >= 0.6 is 0 Å². The molecule has 136 valence electrons. The molecule has 0 radical (unpaired) electrons. The fourth-order valence-electron chi connectivity index (χ4n) is 3.73. The lowest BCUT2D eigenvalue weighted by Crippen LogP contribution is -2.50. The Hall–Kier alpha value is -2.61. The van der Waals surface area contributed by atoms with E-state index in [4.69, 9.17) is 4.74 Å². The normalized spacial score (nSPS) is 25.4. The maximum atomic E-state index is 12.9. The molecule has 2 aromatic heterocycles. The van der Waals surface area contributed by atoms with Crippen molar-refractivity contribution < 1.29 is 13.9 Å². The van der Waals surface area contributed by atoms with Crippen LogP contribution in [0.3, 0.4) is 0 Å². The fraction of sp³-hybridized carbons (Fsp3) is 0.444. The molecule has 1 N–H and O–H groups in total. The number of anilines is 1. The van der Waals surface area contributed by atoms with E-state index < -0.39 is 5.82 Å². The van der Waals surface area contributed by atoms with Crippen LogP contribution in [-0.2, 0) is 4.74 Å². The summed E-state index contributed by atoms with van der Waals surface area (Å²) in [7, 11) is 0. The Kier molecular flexibility index (Phi) is 4.50. The second-order valence-electron chi connectivity index (χ2n) is 6.84. The number of aromatic nitrogens is 3. The number of ether oxygens (including phenoxy) is 1. The van der Waals surface area contributed by atoms with Crippen LogP contribution in [0, 0.1) is 5.82 Å². The highest BCUT2D eigenvalue weighted by molar-refractivity contribution is 5.94. The second kappa shape index (κ2) is 6.95. The lowest BCUT2D eigenvalue weighted by molar-refractivity contribution is -0.0447. The topological polar surface area (TPSA) is 80.2 Å². The van der Waals surface area contributed by atoms with Gasteiger partial charge in [-0.3, -0.25) is 9.78 Å². The van der Waals surface area contributed by atoms with Gasteiger partial charge in [0.1, 0.15) is 0 Å². The number of amides is 1. The number of rotatable bonds is 3. The van der Waals surface area contributed by atoms with Gasteiger partial charge in [-0.05, 0) is 25.0 Å². The van der Waals surface area contributed by atoms with Crippen molar-refractivity contribution in [1.29, 1.82) is 0 Å². The molecule has 2 atom stereocenters. The first kappa shape index (κ1) is 16.8. The number of piperidine rings is 1. The number of halogens is 1. The molecule has 1 spiro atoms. The molecule has 2 aliphatic rings. The number of nitrogens with one attached hydrogen (secondary N) is 1. The van der Waals surface area contributed by atoms with E-state index in [1.807, 2.05) is 4.90 Å². The van der Waals surface area contributed by atoms with Crippen LogP contribution in [0.2, 0.25) is 0 Å². The lowest BCUT2D eigenvalue weighted by Gasteiger charge is -2.39. The fourth-order valence-corrected chi connectivity index (χ4v) is 3.73. The number of nitrogens with zero attached hydrogens (tertiary/aromatic N) is 4. The van der Waals surface area contributed by atoms with Gasteiger partial charge in [0, 0.05) is 25.4 Å². The van der Waals surface area contributed by atoms with Crippen LogP contribution in [-0.4, -0.2) is 57.1 Å². The van der Waals surface area contributed by atoms with Crippen molar-refractivity contribution in [3.8, 4) is 0 Å². The molecule has 4 rings (SSSR count). The number of hydrogen-bond donors (Lipinski definition) is 1. The quantitative estimate of drug-likeness (QED) is 0.904. The summed E-state index contributed by atoms with van der Waals surface area (Å²) in [6.45, 7) is 1.79. The first-order valence-corrected chi connectivity index (χ1v) is 8.71. The Labute approximate surface area is 150 Å². The van der Waals surface area contributed by atoms with Gasteiger partial charge in [-0.25, -0.2) is 14.4 Å². The molecule has 2 unspecified atom stereocenters. The minimum Gasteiger partial charge on any atom is -0.371 e. The summed E-state index contributed by atoms with van der Waals surface area (Å²) >= 11 is 0. The van der Waals surface area contributed by atoms with Crippen LogP contribution < -0.4 is 5.32 Å². The summed E-state index contributed by atoms with van der Waals surface area (Å²) in [6.07, 6.45) is 8.08. The summed E-state index contributed by atoms with van der Waals surface area (Å²) in [5.74, 6) is -0.0956. The molecule has 0 aromatic carbocycles. The molecule has 4 heterocycles. The van der Waals surface area contributed by atoms with Crippen molar-refractivity contribution in [3.63, 3.8) is 0 Å². The number of pyridine rings is 1. The van der Waals surface area contributed by atoms with Crippen molar-refractivity contribution >= 4 is 11.9 Å². The highest BCUT2D eigenvalue weighted by atomic mass is 19.1. The molecule has 0 saturated carbocycles. The predicted octanol–water partition coefficient (Wildman–Crippen LogP) is 1.89. The molecular weight excluding hydrogens is 337 g/mol. The Morgan fingerprint density at radius 3 is 2.96 bits per heavy atom. The molecule has 2 fully saturated rings.